The van der Waals surface area contributed by atoms with E-state index in [1.807, 2.05) is 6.92 Å². The molecule has 1 amide bonds. The van der Waals surface area contributed by atoms with Crippen molar-refractivity contribution in [1.82, 2.24) is 15.5 Å². The van der Waals surface area contributed by atoms with Crippen molar-refractivity contribution in [2.75, 3.05) is 26.9 Å². The van der Waals surface area contributed by atoms with Crippen molar-refractivity contribution in [1.29, 1.82) is 0 Å². The van der Waals surface area contributed by atoms with Gasteiger partial charge in [-0.05, 0) is 12.5 Å². The molecule has 0 aliphatic rings. The summed E-state index contributed by atoms with van der Waals surface area (Å²) >= 11 is 0. The number of hydrogen-bond donors (Lipinski definition) is 2. The number of hydrogen-bond acceptors (Lipinski definition) is 5. The Morgan fingerprint density at radius 2 is 2.26 bits per heavy atom. The molecule has 0 saturated heterocycles. The summed E-state index contributed by atoms with van der Waals surface area (Å²) in [5, 5.41) is 9.13. The number of carbonyl (C=O) groups excluding carboxylic acids is 2. The molecule has 0 fully saturated rings. The standard InChI is InChI=1S/C12H19N3O4/c1-3-4-9-7-10(15-14-9)12(17)19-8-11(16)13-5-6-18-2/h7H,3-6,8H2,1-2H3,(H,13,16)(H,14,15). The van der Waals surface area contributed by atoms with Gasteiger partial charge in [0.1, 0.15) is 0 Å². The number of methoxy groups -OCH3 is 1. The lowest BCUT2D eigenvalue weighted by Gasteiger charge is -2.04. The van der Waals surface area contributed by atoms with Crippen molar-refractivity contribution in [2.45, 2.75) is 19.8 Å². The molecule has 0 aromatic carbocycles. The Morgan fingerprint density at radius 3 is 2.95 bits per heavy atom. The molecule has 1 rings (SSSR count). The highest BCUT2D eigenvalue weighted by atomic mass is 16.5. The van der Waals surface area contributed by atoms with E-state index < -0.39 is 5.97 Å². The molecule has 0 aliphatic heterocycles. The van der Waals surface area contributed by atoms with Gasteiger partial charge < -0.3 is 14.8 Å². The molecule has 0 radical (unpaired) electrons. The van der Waals surface area contributed by atoms with Gasteiger partial charge in [-0.1, -0.05) is 13.3 Å². The third-order valence-corrected chi connectivity index (χ3v) is 2.32. The SMILES string of the molecule is CCCc1cc(C(=O)OCC(=O)NCCOC)n[nH]1. The quantitative estimate of drug-likeness (QED) is 0.522. The highest BCUT2D eigenvalue weighted by Crippen LogP contribution is 2.03. The minimum Gasteiger partial charge on any atom is -0.451 e. The summed E-state index contributed by atoms with van der Waals surface area (Å²) in [5.74, 6) is -0.977. The van der Waals surface area contributed by atoms with Crippen LogP contribution < -0.4 is 5.32 Å². The smallest absolute Gasteiger partial charge is 0.359 e. The lowest BCUT2D eigenvalue weighted by atomic mass is 10.2. The zero-order valence-corrected chi connectivity index (χ0v) is 11.2. The van der Waals surface area contributed by atoms with Crippen LogP contribution >= 0.6 is 0 Å². The monoisotopic (exact) mass is 269 g/mol. The molecule has 0 unspecified atom stereocenters. The molecule has 1 aromatic heterocycles. The largest absolute Gasteiger partial charge is 0.451 e. The molecular formula is C12H19N3O4. The average molecular weight is 269 g/mol. The Kier molecular flexibility index (Phi) is 6.59. The van der Waals surface area contributed by atoms with Gasteiger partial charge in [0, 0.05) is 19.3 Å². The number of aromatic amines is 1. The Balaban J connectivity index is 2.31. The van der Waals surface area contributed by atoms with E-state index in [1.165, 1.54) is 7.11 Å². The van der Waals surface area contributed by atoms with E-state index in [9.17, 15) is 9.59 Å². The molecule has 2 N–H and O–H groups in total. The number of ether oxygens (including phenoxy) is 2. The van der Waals surface area contributed by atoms with Crippen molar-refractivity contribution in [3.05, 3.63) is 17.5 Å². The predicted molar refractivity (Wildman–Crippen MR) is 67.8 cm³/mol. The number of amides is 1. The second-order valence-corrected chi connectivity index (χ2v) is 3.95. The fourth-order valence-corrected chi connectivity index (χ4v) is 1.41. The number of esters is 1. The summed E-state index contributed by atoms with van der Waals surface area (Å²) in [6, 6.07) is 1.63. The van der Waals surface area contributed by atoms with E-state index in [-0.39, 0.29) is 18.2 Å². The minimum atomic E-state index is -0.611. The van der Waals surface area contributed by atoms with Gasteiger partial charge in [0.25, 0.3) is 5.91 Å². The zero-order chi connectivity index (χ0) is 14.1. The molecule has 1 aromatic rings. The third kappa shape index (κ3) is 5.52. The molecule has 19 heavy (non-hydrogen) atoms. The van der Waals surface area contributed by atoms with Crippen LogP contribution in [0, 0.1) is 0 Å². The summed E-state index contributed by atoms with van der Waals surface area (Å²) in [6.45, 7) is 2.51. The maximum absolute atomic E-state index is 11.6. The summed E-state index contributed by atoms with van der Waals surface area (Å²) in [7, 11) is 1.54. The first-order valence-corrected chi connectivity index (χ1v) is 6.14. The van der Waals surface area contributed by atoms with Crippen molar-refractivity contribution in [3.8, 4) is 0 Å². The van der Waals surface area contributed by atoms with Crippen LogP contribution in [0.1, 0.15) is 29.5 Å². The van der Waals surface area contributed by atoms with Crippen LogP contribution in [0.25, 0.3) is 0 Å². The highest BCUT2D eigenvalue weighted by molar-refractivity contribution is 5.89. The molecule has 7 heteroatoms. The van der Waals surface area contributed by atoms with Crippen molar-refractivity contribution >= 4 is 11.9 Å². The van der Waals surface area contributed by atoms with Crippen LogP contribution in [0.3, 0.4) is 0 Å². The van der Waals surface area contributed by atoms with Crippen LogP contribution in [0.4, 0.5) is 0 Å². The zero-order valence-electron chi connectivity index (χ0n) is 11.2. The predicted octanol–water partition coefficient (Wildman–Crippen LogP) is 0.282. The Morgan fingerprint density at radius 1 is 1.47 bits per heavy atom. The second kappa shape index (κ2) is 8.25. The van der Waals surface area contributed by atoms with E-state index in [0.29, 0.717) is 13.2 Å². The summed E-state index contributed by atoms with van der Waals surface area (Å²) in [5.41, 5.74) is 1.06. The third-order valence-electron chi connectivity index (χ3n) is 2.32. The average Bonchev–Trinajstić information content (AvgIpc) is 2.85. The van der Waals surface area contributed by atoms with E-state index in [4.69, 9.17) is 9.47 Å². The molecule has 7 nitrogen and oxygen atoms in total. The highest BCUT2D eigenvalue weighted by Gasteiger charge is 2.13. The van der Waals surface area contributed by atoms with E-state index in [2.05, 4.69) is 15.5 Å². The Labute approximate surface area is 111 Å². The first-order chi connectivity index (χ1) is 9.17. The number of nitrogens with zero attached hydrogens (tertiary/aromatic N) is 1. The first kappa shape index (κ1) is 15.2. The number of rotatable bonds is 8. The Hall–Kier alpha value is -1.89. The number of carbonyl (C=O) groups is 2. The summed E-state index contributed by atoms with van der Waals surface area (Å²) < 4.78 is 9.61. The van der Waals surface area contributed by atoms with Gasteiger partial charge in [0.15, 0.2) is 12.3 Å². The first-order valence-electron chi connectivity index (χ1n) is 6.14. The van der Waals surface area contributed by atoms with Crippen molar-refractivity contribution in [2.24, 2.45) is 0 Å². The molecule has 0 aliphatic carbocycles. The number of nitrogens with one attached hydrogen (secondary N) is 2. The molecule has 106 valence electrons. The van der Waals surface area contributed by atoms with Crippen LogP contribution in [-0.4, -0.2) is 48.9 Å². The van der Waals surface area contributed by atoms with E-state index in [1.54, 1.807) is 6.07 Å². The van der Waals surface area contributed by atoms with Gasteiger partial charge >= 0.3 is 5.97 Å². The molecule has 0 saturated carbocycles. The van der Waals surface area contributed by atoms with E-state index in [0.717, 1.165) is 18.5 Å². The maximum Gasteiger partial charge on any atom is 0.359 e. The van der Waals surface area contributed by atoms with Crippen LogP contribution in [0.5, 0.6) is 0 Å². The number of H-pyrrole nitrogens is 1. The molecule has 1 heterocycles. The van der Waals surface area contributed by atoms with Crippen molar-refractivity contribution in [3.63, 3.8) is 0 Å². The minimum absolute atomic E-state index is 0.188. The number of aryl methyl sites for hydroxylation is 1. The lowest BCUT2D eigenvalue weighted by molar-refractivity contribution is -0.124. The second-order valence-electron chi connectivity index (χ2n) is 3.95. The van der Waals surface area contributed by atoms with Gasteiger partial charge in [-0.25, -0.2) is 4.79 Å². The van der Waals surface area contributed by atoms with Crippen LogP contribution in [0.15, 0.2) is 6.07 Å². The van der Waals surface area contributed by atoms with Gasteiger partial charge in [0.2, 0.25) is 0 Å². The van der Waals surface area contributed by atoms with E-state index >= 15 is 0 Å². The molecular weight excluding hydrogens is 250 g/mol. The molecule has 0 atom stereocenters. The Bertz CT molecular complexity index is 417. The van der Waals surface area contributed by atoms with Gasteiger partial charge in [-0.3, -0.25) is 9.89 Å². The maximum atomic E-state index is 11.6. The van der Waals surface area contributed by atoms with Crippen LogP contribution in [-0.2, 0) is 20.7 Å². The normalized spacial score (nSPS) is 10.2. The molecule has 0 bridgehead atoms. The van der Waals surface area contributed by atoms with Crippen molar-refractivity contribution < 1.29 is 19.1 Å². The topological polar surface area (TPSA) is 93.3 Å². The number of aromatic nitrogens is 2. The van der Waals surface area contributed by atoms with Crippen LogP contribution in [0.2, 0.25) is 0 Å². The molecule has 0 spiro atoms. The lowest BCUT2D eigenvalue weighted by Crippen LogP contribution is -2.31. The fraction of sp³-hybridized carbons (Fsp3) is 0.583. The summed E-state index contributed by atoms with van der Waals surface area (Å²) in [6.07, 6.45) is 1.77. The van der Waals surface area contributed by atoms with Gasteiger partial charge in [-0.2, -0.15) is 5.10 Å². The van der Waals surface area contributed by atoms with Gasteiger partial charge in [-0.15, -0.1) is 0 Å². The summed E-state index contributed by atoms with van der Waals surface area (Å²) in [4.78, 5) is 22.9. The van der Waals surface area contributed by atoms with Gasteiger partial charge in [0.05, 0.1) is 6.61 Å². The fourth-order valence-electron chi connectivity index (χ4n) is 1.41.